The van der Waals surface area contributed by atoms with Gasteiger partial charge in [-0.3, -0.25) is 4.90 Å². The minimum Gasteiger partial charge on any atom is -0.461 e. The van der Waals surface area contributed by atoms with E-state index < -0.39 is 6.17 Å². The van der Waals surface area contributed by atoms with Gasteiger partial charge in [-0.05, 0) is 43.9 Å². The largest absolute Gasteiger partial charge is 0.461 e. The first-order valence-corrected chi connectivity index (χ1v) is 14.9. The van der Waals surface area contributed by atoms with E-state index in [0.29, 0.717) is 55.1 Å². The maximum absolute atomic E-state index is 14.6. The standard InChI is InChI=1S/C28H31F2N9OS/c1-33-10-17-7-18(29)12-37(11-17)24-34-25(36-26(35-24)40-16-28-4-2-6-39(28)13-19(30)8-28)38-14-27(15-38)5-3-21-22(27)20(9-31)23(32)41-21/h7,17,19H,2-6,8,10-16,32H2/t17?,19-,28+/m1/s1. The number of ether oxygens (including phenoxy) is 1. The number of rotatable bonds is 6. The second kappa shape index (κ2) is 9.78. The lowest BCUT2D eigenvalue weighted by Gasteiger charge is -2.48. The number of hydrogen-bond acceptors (Lipinski definition) is 10. The van der Waals surface area contributed by atoms with Crippen molar-refractivity contribution >= 4 is 28.2 Å². The number of thiophene rings is 1. The lowest BCUT2D eigenvalue weighted by molar-refractivity contribution is 0.107. The summed E-state index contributed by atoms with van der Waals surface area (Å²) < 4.78 is 35.2. The molecule has 4 aliphatic heterocycles. The molecular formula is C28H31F2N9OS. The predicted molar refractivity (Wildman–Crippen MR) is 150 cm³/mol. The van der Waals surface area contributed by atoms with Crippen molar-refractivity contribution in [2.45, 2.75) is 49.2 Å². The lowest BCUT2D eigenvalue weighted by atomic mass is 9.74. The van der Waals surface area contributed by atoms with Crippen molar-refractivity contribution in [1.82, 2.24) is 19.9 Å². The number of nitrogens with zero attached hydrogens (tertiary/aromatic N) is 8. The van der Waals surface area contributed by atoms with Crippen molar-refractivity contribution in [3.05, 3.63) is 39.3 Å². The van der Waals surface area contributed by atoms with Crippen molar-refractivity contribution in [1.29, 1.82) is 5.26 Å². The van der Waals surface area contributed by atoms with Crippen molar-refractivity contribution in [3.8, 4) is 12.1 Å². The molecule has 0 amide bonds. The van der Waals surface area contributed by atoms with Gasteiger partial charge in [-0.15, -0.1) is 11.3 Å². The van der Waals surface area contributed by atoms with Gasteiger partial charge in [0.25, 0.3) is 0 Å². The Morgan fingerprint density at radius 3 is 2.80 bits per heavy atom. The third-order valence-corrected chi connectivity index (χ3v) is 10.5. The van der Waals surface area contributed by atoms with Crippen LogP contribution in [0.2, 0.25) is 0 Å². The molecule has 2 aromatic rings. The van der Waals surface area contributed by atoms with E-state index >= 15 is 0 Å². The molecule has 2 aromatic heterocycles. The Labute approximate surface area is 241 Å². The molecule has 7 rings (SSSR count). The molecule has 1 aliphatic carbocycles. The van der Waals surface area contributed by atoms with Crippen molar-refractivity contribution in [2.24, 2.45) is 5.92 Å². The van der Waals surface area contributed by atoms with Gasteiger partial charge < -0.3 is 25.1 Å². The molecule has 3 saturated heterocycles. The van der Waals surface area contributed by atoms with E-state index in [0.717, 1.165) is 37.8 Å². The van der Waals surface area contributed by atoms with Crippen LogP contribution < -0.4 is 20.3 Å². The number of halogens is 2. The normalized spacial score (nSPS) is 28.1. The van der Waals surface area contributed by atoms with Gasteiger partial charge >= 0.3 is 6.01 Å². The maximum Gasteiger partial charge on any atom is 0.323 e. The van der Waals surface area contributed by atoms with Crippen LogP contribution in [-0.4, -0.2) is 84.0 Å². The topological polar surface area (TPSA) is 112 Å². The Morgan fingerprint density at radius 1 is 1.22 bits per heavy atom. The summed E-state index contributed by atoms with van der Waals surface area (Å²) in [6.45, 7) is 10.6. The highest BCUT2D eigenvalue weighted by Crippen LogP contribution is 2.52. The van der Waals surface area contributed by atoms with Gasteiger partial charge in [0.1, 0.15) is 29.7 Å². The number of nitrogens with two attached hydrogens (primary N) is 1. The fourth-order valence-electron chi connectivity index (χ4n) is 7.57. The number of alkyl halides is 1. The Morgan fingerprint density at radius 2 is 2.02 bits per heavy atom. The van der Waals surface area contributed by atoms with E-state index in [-0.39, 0.29) is 48.4 Å². The summed E-state index contributed by atoms with van der Waals surface area (Å²) in [6, 6.07) is 2.44. The summed E-state index contributed by atoms with van der Waals surface area (Å²) in [5, 5.41) is 10.3. The summed E-state index contributed by atoms with van der Waals surface area (Å²) >= 11 is 1.51. The summed E-state index contributed by atoms with van der Waals surface area (Å²) in [4.78, 5) is 24.6. The fourth-order valence-corrected chi connectivity index (χ4v) is 8.71. The molecule has 1 unspecified atom stereocenters. The Bertz CT molecular complexity index is 1490. The van der Waals surface area contributed by atoms with E-state index in [1.54, 1.807) is 4.90 Å². The predicted octanol–water partition coefficient (Wildman–Crippen LogP) is 3.26. The van der Waals surface area contributed by atoms with Crippen molar-refractivity contribution in [3.63, 3.8) is 0 Å². The number of aromatic nitrogens is 3. The van der Waals surface area contributed by atoms with E-state index in [9.17, 15) is 14.0 Å². The molecule has 3 fully saturated rings. The van der Waals surface area contributed by atoms with Gasteiger partial charge in [-0.25, -0.2) is 15.4 Å². The van der Waals surface area contributed by atoms with Gasteiger partial charge in [-0.2, -0.15) is 20.2 Å². The molecule has 2 N–H and O–H groups in total. The molecule has 3 atom stereocenters. The van der Waals surface area contributed by atoms with E-state index in [1.807, 2.05) is 4.90 Å². The smallest absolute Gasteiger partial charge is 0.323 e. The zero-order chi connectivity index (χ0) is 28.4. The van der Waals surface area contributed by atoms with E-state index in [4.69, 9.17) is 22.0 Å². The molecule has 1 spiro atoms. The Hall–Kier alpha value is -3.55. The van der Waals surface area contributed by atoms with E-state index in [2.05, 4.69) is 25.8 Å². The monoisotopic (exact) mass is 579 g/mol. The SMILES string of the molecule is [C-]#[N+]CC1C=C(F)CN(c2nc(OC[C@@]34CCCN3C[C@H](F)C4)nc(N3CC4(CCc5sc(N)c(C#N)c54)C3)n2)C1. The van der Waals surface area contributed by atoms with Gasteiger partial charge in [0.05, 0.1) is 23.6 Å². The number of aryl methyl sites for hydroxylation is 1. The fraction of sp³-hybridized carbons (Fsp3) is 0.607. The molecule has 0 radical (unpaired) electrons. The quantitative estimate of drug-likeness (QED) is 0.516. The summed E-state index contributed by atoms with van der Waals surface area (Å²) in [7, 11) is 0. The van der Waals surface area contributed by atoms with Crippen LogP contribution in [0.15, 0.2) is 11.9 Å². The second-order valence-corrected chi connectivity index (χ2v) is 13.2. The van der Waals surface area contributed by atoms with Crippen LogP contribution in [0.25, 0.3) is 4.85 Å². The molecule has 0 aromatic carbocycles. The van der Waals surface area contributed by atoms with E-state index in [1.165, 1.54) is 22.3 Å². The molecule has 10 nitrogen and oxygen atoms in total. The number of nitrogen functional groups attached to an aromatic ring is 1. The summed E-state index contributed by atoms with van der Waals surface area (Å²) in [5.41, 5.74) is 7.27. The van der Waals surface area contributed by atoms with Crippen LogP contribution in [0.5, 0.6) is 6.01 Å². The van der Waals surface area contributed by atoms with Gasteiger partial charge in [0, 0.05) is 42.9 Å². The number of nitriles is 1. The van der Waals surface area contributed by atoms with Crippen LogP contribution in [0, 0.1) is 23.8 Å². The molecule has 13 heteroatoms. The first kappa shape index (κ1) is 26.4. The number of hydrogen-bond donors (Lipinski definition) is 1. The van der Waals surface area contributed by atoms with Crippen molar-refractivity contribution in [2.75, 3.05) is 68.0 Å². The zero-order valence-corrected chi connectivity index (χ0v) is 23.5. The van der Waals surface area contributed by atoms with Crippen LogP contribution in [0.1, 0.15) is 41.7 Å². The van der Waals surface area contributed by atoms with Crippen molar-refractivity contribution < 1.29 is 13.5 Å². The Balaban J connectivity index is 1.17. The molecule has 41 heavy (non-hydrogen) atoms. The lowest BCUT2D eigenvalue weighted by Crippen LogP contribution is -2.59. The minimum atomic E-state index is -0.871. The molecule has 6 heterocycles. The highest BCUT2D eigenvalue weighted by atomic mass is 32.1. The summed E-state index contributed by atoms with van der Waals surface area (Å²) in [5.74, 6) is 0.131. The van der Waals surface area contributed by atoms with Gasteiger partial charge in [-0.1, -0.05) is 0 Å². The minimum absolute atomic E-state index is 0.00560. The van der Waals surface area contributed by atoms with Gasteiger partial charge in [0.2, 0.25) is 18.4 Å². The van der Waals surface area contributed by atoms with Gasteiger partial charge in [0.15, 0.2) is 0 Å². The highest BCUT2D eigenvalue weighted by molar-refractivity contribution is 7.16. The zero-order valence-electron chi connectivity index (χ0n) is 22.7. The molecule has 0 saturated carbocycles. The number of anilines is 3. The molecule has 214 valence electrons. The maximum atomic E-state index is 14.6. The first-order chi connectivity index (χ1) is 19.8. The number of fused-ring (bicyclic) bond motifs is 3. The van der Waals surface area contributed by atoms with Crippen LogP contribution in [0.4, 0.5) is 25.7 Å². The Kier molecular flexibility index (Phi) is 6.28. The summed E-state index contributed by atoms with van der Waals surface area (Å²) in [6.07, 6.45) is 4.76. The second-order valence-electron chi connectivity index (χ2n) is 12.1. The third-order valence-electron chi connectivity index (χ3n) is 9.40. The average Bonchev–Trinajstić information content (AvgIpc) is 3.64. The highest BCUT2D eigenvalue weighted by Gasteiger charge is 2.52. The molecule has 5 aliphatic rings. The first-order valence-electron chi connectivity index (χ1n) is 14.1. The molecular weight excluding hydrogens is 548 g/mol. The average molecular weight is 580 g/mol. The molecule has 0 bridgehead atoms. The van der Waals surface area contributed by atoms with Crippen LogP contribution in [0.3, 0.4) is 0 Å². The van der Waals surface area contributed by atoms with Crippen LogP contribution in [-0.2, 0) is 11.8 Å². The van der Waals surface area contributed by atoms with Crippen LogP contribution >= 0.6 is 11.3 Å². The third kappa shape index (κ3) is 4.37.